The minimum Gasteiger partial charge on any atom is -0.383 e. The lowest BCUT2D eigenvalue weighted by Gasteiger charge is -2.00. The van der Waals surface area contributed by atoms with Crippen molar-refractivity contribution in [2.75, 3.05) is 5.73 Å². The number of rotatable bonds is 2. The molecule has 1 heterocycles. The van der Waals surface area contributed by atoms with Gasteiger partial charge in [-0.3, -0.25) is 0 Å². The summed E-state index contributed by atoms with van der Waals surface area (Å²) in [6, 6.07) is 3.54. The highest BCUT2D eigenvalue weighted by molar-refractivity contribution is 7.12. The van der Waals surface area contributed by atoms with Gasteiger partial charge in [-0.1, -0.05) is 6.07 Å². The van der Waals surface area contributed by atoms with Crippen molar-refractivity contribution in [3.63, 3.8) is 0 Å². The molecule has 0 spiro atoms. The molecular weight excluding hydrogens is 230 g/mol. The molecule has 16 heavy (non-hydrogen) atoms. The van der Waals surface area contributed by atoms with Crippen LogP contribution in [-0.4, -0.2) is 4.98 Å². The van der Waals surface area contributed by atoms with E-state index in [2.05, 4.69) is 4.98 Å². The lowest BCUT2D eigenvalue weighted by molar-refractivity contribution is 0.574. The zero-order valence-electron chi connectivity index (χ0n) is 8.63. The van der Waals surface area contributed by atoms with Gasteiger partial charge in [0.25, 0.3) is 0 Å². The van der Waals surface area contributed by atoms with Crippen molar-refractivity contribution in [3.8, 4) is 0 Å². The van der Waals surface area contributed by atoms with Crippen LogP contribution in [0.5, 0.6) is 0 Å². The third-order valence-corrected chi connectivity index (χ3v) is 3.22. The summed E-state index contributed by atoms with van der Waals surface area (Å²) in [4.78, 5) is 5.02. The van der Waals surface area contributed by atoms with Gasteiger partial charge < -0.3 is 5.73 Å². The summed E-state index contributed by atoms with van der Waals surface area (Å²) in [6.45, 7) is 1.86. The van der Waals surface area contributed by atoms with Crippen LogP contribution in [0.2, 0.25) is 0 Å². The molecule has 0 bridgehead atoms. The van der Waals surface area contributed by atoms with E-state index in [4.69, 9.17) is 5.73 Å². The minimum atomic E-state index is -0.573. The molecular formula is C11H10F2N2S. The van der Waals surface area contributed by atoms with Crippen LogP contribution < -0.4 is 5.73 Å². The van der Waals surface area contributed by atoms with E-state index in [1.807, 2.05) is 6.92 Å². The van der Waals surface area contributed by atoms with E-state index in [9.17, 15) is 8.78 Å². The summed E-state index contributed by atoms with van der Waals surface area (Å²) in [6.07, 6.45) is 0.342. The molecule has 84 valence electrons. The Labute approximate surface area is 95.7 Å². The van der Waals surface area contributed by atoms with Gasteiger partial charge in [-0.05, 0) is 18.6 Å². The van der Waals surface area contributed by atoms with Gasteiger partial charge in [-0.2, -0.15) is 0 Å². The average molecular weight is 240 g/mol. The lowest BCUT2D eigenvalue weighted by atomic mass is 10.1. The monoisotopic (exact) mass is 240 g/mol. The largest absolute Gasteiger partial charge is 0.383 e. The first kappa shape index (κ1) is 11.0. The van der Waals surface area contributed by atoms with Crippen molar-refractivity contribution in [1.82, 2.24) is 4.98 Å². The first-order valence-electron chi connectivity index (χ1n) is 4.72. The Morgan fingerprint density at radius 3 is 2.69 bits per heavy atom. The van der Waals surface area contributed by atoms with E-state index in [-0.39, 0.29) is 0 Å². The second-order valence-electron chi connectivity index (χ2n) is 3.46. The Bertz CT molecular complexity index is 503. The van der Waals surface area contributed by atoms with E-state index in [0.717, 1.165) is 16.0 Å². The fraction of sp³-hybridized carbons (Fsp3) is 0.182. The Kier molecular flexibility index (Phi) is 2.87. The number of nitrogen functional groups attached to an aromatic ring is 1. The van der Waals surface area contributed by atoms with Crippen molar-refractivity contribution in [3.05, 3.63) is 45.3 Å². The van der Waals surface area contributed by atoms with Crippen LogP contribution in [0.4, 0.5) is 14.6 Å². The molecule has 0 unspecified atom stereocenters. The fourth-order valence-electron chi connectivity index (χ4n) is 1.37. The normalized spacial score (nSPS) is 10.7. The van der Waals surface area contributed by atoms with Crippen LogP contribution in [0.15, 0.2) is 18.2 Å². The van der Waals surface area contributed by atoms with Crippen molar-refractivity contribution in [1.29, 1.82) is 0 Å². The molecule has 0 aliphatic carbocycles. The van der Waals surface area contributed by atoms with Gasteiger partial charge in [0.05, 0.1) is 5.01 Å². The zero-order chi connectivity index (χ0) is 11.7. The third-order valence-electron chi connectivity index (χ3n) is 2.23. The number of anilines is 1. The molecule has 1 aromatic carbocycles. The summed E-state index contributed by atoms with van der Waals surface area (Å²) in [5, 5.41) is 0.737. The number of nitrogens with two attached hydrogens (primary N) is 1. The van der Waals surface area contributed by atoms with Crippen molar-refractivity contribution in [2.45, 2.75) is 13.3 Å². The van der Waals surface area contributed by atoms with Crippen molar-refractivity contribution < 1.29 is 8.78 Å². The second-order valence-corrected chi connectivity index (χ2v) is 4.75. The first-order valence-corrected chi connectivity index (χ1v) is 5.53. The SMILES string of the molecule is Cc1sc(Cc2ccc(F)cc2F)nc1N. The van der Waals surface area contributed by atoms with Crippen LogP contribution in [-0.2, 0) is 6.42 Å². The molecule has 5 heteroatoms. The number of nitrogens with zero attached hydrogens (tertiary/aromatic N) is 1. The quantitative estimate of drug-likeness (QED) is 0.876. The van der Waals surface area contributed by atoms with E-state index in [0.29, 0.717) is 17.8 Å². The number of aromatic nitrogens is 1. The molecule has 0 amide bonds. The number of aryl methyl sites for hydroxylation is 1. The third kappa shape index (κ3) is 2.19. The summed E-state index contributed by atoms with van der Waals surface area (Å²) >= 11 is 1.43. The molecule has 0 saturated heterocycles. The molecule has 0 saturated carbocycles. The summed E-state index contributed by atoms with van der Waals surface area (Å²) in [5.41, 5.74) is 6.03. The summed E-state index contributed by atoms with van der Waals surface area (Å²) in [5.74, 6) is -0.648. The molecule has 0 aliphatic heterocycles. The molecule has 2 N–H and O–H groups in total. The summed E-state index contributed by atoms with van der Waals surface area (Å²) in [7, 11) is 0. The predicted molar refractivity (Wildman–Crippen MR) is 60.4 cm³/mol. The van der Waals surface area contributed by atoms with E-state index in [1.54, 1.807) is 0 Å². The predicted octanol–water partition coefficient (Wildman–Crippen LogP) is 2.90. The van der Waals surface area contributed by atoms with Gasteiger partial charge in [0, 0.05) is 17.4 Å². The maximum absolute atomic E-state index is 13.3. The topological polar surface area (TPSA) is 38.9 Å². The molecule has 1 aromatic heterocycles. The molecule has 2 rings (SSSR count). The average Bonchev–Trinajstić information content (AvgIpc) is 2.51. The minimum absolute atomic E-state index is 0.342. The van der Waals surface area contributed by atoms with E-state index >= 15 is 0 Å². The van der Waals surface area contributed by atoms with Gasteiger partial charge in [0.2, 0.25) is 0 Å². The summed E-state index contributed by atoms with van der Waals surface area (Å²) < 4.78 is 26.0. The molecule has 0 radical (unpaired) electrons. The van der Waals surface area contributed by atoms with Crippen LogP contribution in [0.25, 0.3) is 0 Å². The maximum atomic E-state index is 13.3. The van der Waals surface area contributed by atoms with Gasteiger partial charge in [-0.15, -0.1) is 11.3 Å². The zero-order valence-corrected chi connectivity index (χ0v) is 9.44. The molecule has 0 fully saturated rings. The fourth-order valence-corrected chi connectivity index (χ4v) is 2.24. The van der Waals surface area contributed by atoms with Crippen LogP contribution in [0, 0.1) is 18.6 Å². The maximum Gasteiger partial charge on any atom is 0.137 e. The van der Waals surface area contributed by atoms with E-state index < -0.39 is 11.6 Å². The smallest absolute Gasteiger partial charge is 0.137 e. The highest BCUT2D eigenvalue weighted by Crippen LogP contribution is 2.22. The van der Waals surface area contributed by atoms with Crippen LogP contribution >= 0.6 is 11.3 Å². The number of thiazole rings is 1. The highest BCUT2D eigenvalue weighted by atomic mass is 32.1. The highest BCUT2D eigenvalue weighted by Gasteiger charge is 2.09. The number of halogens is 2. The molecule has 0 aliphatic rings. The lowest BCUT2D eigenvalue weighted by Crippen LogP contribution is -1.94. The number of hydrogen-bond acceptors (Lipinski definition) is 3. The van der Waals surface area contributed by atoms with E-state index in [1.165, 1.54) is 23.5 Å². The molecule has 0 atom stereocenters. The van der Waals surface area contributed by atoms with Crippen LogP contribution in [0.1, 0.15) is 15.4 Å². The van der Waals surface area contributed by atoms with Gasteiger partial charge in [-0.25, -0.2) is 13.8 Å². The molecule has 2 aromatic rings. The number of hydrogen-bond donors (Lipinski definition) is 1. The van der Waals surface area contributed by atoms with Crippen molar-refractivity contribution >= 4 is 17.2 Å². The second kappa shape index (κ2) is 4.17. The van der Waals surface area contributed by atoms with Gasteiger partial charge in [0.1, 0.15) is 17.5 Å². The Morgan fingerprint density at radius 2 is 2.12 bits per heavy atom. The Morgan fingerprint density at radius 1 is 1.38 bits per heavy atom. The van der Waals surface area contributed by atoms with Crippen molar-refractivity contribution in [2.24, 2.45) is 0 Å². The van der Waals surface area contributed by atoms with Gasteiger partial charge >= 0.3 is 0 Å². The Balaban J connectivity index is 2.27. The standard InChI is InChI=1S/C11H10F2N2S/c1-6-11(14)15-10(16-6)4-7-2-3-8(12)5-9(7)13/h2-3,5H,4,14H2,1H3. The molecule has 2 nitrogen and oxygen atoms in total. The van der Waals surface area contributed by atoms with Gasteiger partial charge in [0.15, 0.2) is 0 Å². The number of benzene rings is 1. The first-order chi connectivity index (χ1) is 7.56. The van der Waals surface area contributed by atoms with Crippen LogP contribution in [0.3, 0.4) is 0 Å². The Hall–Kier alpha value is -1.49.